The molecule has 0 spiro atoms. The molecule has 3 heteroatoms. The molecule has 0 amide bonds. The number of furan rings is 1. The molecule has 2 unspecified atom stereocenters. The minimum atomic E-state index is 0.437. The summed E-state index contributed by atoms with van der Waals surface area (Å²) in [6.45, 7) is 3.83. The molecule has 0 radical (unpaired) electrons. The SMILES string of the molecule is CCC1CCCCC1OCc1cc(CNC2CC2)co1. The zero-order chi connectivity index (χ0) is 13.8. The number of ether oxygens (including phenoxy) is 1. The summed E-state index contributed by atoms with van der Waals surface area (Å²) >= 11 is 0. The van der Waals surface area contributed by atoms with Gasteiger partial charge in [-0.2, -0.15) is 0 Å². The minimum Gasteiger partial charge on any atom is -0.467 e. The zero-order valence-corrected chi connectivity index (χ0v) is 12.6. The van der Waals surface area contributed by atoms with Gasteiger partial charge in [0.05, 0.1) is 12.4 Å². The van der Waals surface area contributed by atoms with E-state index in [-0.39, 0.29) is 0 Å². The van der Waals surface area contributed by atoms with Gasteiger partial charge < -0.3 is 14.5 Å². The second-order valence-electron chi connectivity index (χ2n) is 6.38. The van der Waals surface area contributed by atoms with Crippen molar-refractivity contribution >= 4 is 0 Å². The summed E-state index contributed by atoms with van der Waals surface area (Å²) in [7, 11) is 0. The van der Waals surface area contributed by atoms with Crippen LogP contribution in [-0.2, 0) is 17.9 Å². The van der Waals surface area contributed by atoms with E-state index in [2.05, 4.69) is 18.3 Å². The van der Waals surface area contributed by atoms with Gasteiger partial charge in [-0.25, -0.2) is 0 Å². The number of hydrogen-bond acceptors (Lipinski definition) is 3. The topological polar surface area (TPSA) is 34.4 Å². The fourth-order valence-corrected chi connectivity index (χ4v) is 3.19. The molecule has 0 saturated heterocycles. The maximum absolute atomic E-state index is 6.11. The first-order valence-electron chi connectivity index (χ1n) is 8.26. The van der Waals surface area contributed by atoms with Crippen LogP contribution < -0.4 is 5.32 Å². The van der Waals surface area contributed by atoms with Gasteiger partial charge in [-0.1, -0.05) is 26.2 Å². The first-order chi connectivity index (χ1) is 9.85. The van der Waals surface area contributed by atoms with E-state index in [1.54, 1.807) is 0 Å². The first kappa shape index (κ1) is 14.2. The molecule has 2 aliphatic carbocycles. The summed E-state index contributed by atoms with van der Waals surface area (Å²) in [4.78, 5) is 0. The van der Waals surface area contributed by atoms with Crippen LogP contribution in [-0.4, -0.2) is 12.1 Å². The largest absolute Gasteiger partial charge is 0.467 e. The number of nitrogens with one attached hydrogen (secondary N) is 1. The Morgan fingerprint density at radius 3 is 2.90 bits per heavy atom. The van der Waals surface area contributed by atoms with Gasteiger partial charge in [0.1, 0.15) is 12.4 Å². The molecule has 1 aromatic rings. The second-order valence-corrected chi connectivity index (χ2v) is 6.38. The molecule has 20 heavy (non-hydrogen) atoms. The van der Waals surface area contributed by atoms with Gasteiger partial charge >= 0.3 is 0 Å². The molecule has 1 heterocycles. The van der Waals surface area contributed by atoms with E-state index in [1.165, 1.54) is 50.5 Å². The van der Waals surface area contributed by atoms with Crippen molar-refractivity contribution in [1.29, 1.82) is 0 Å². The van der Waals surface area contributed by atoms with Gasteiger partial charge in [0.25, 0.3) is 0 Å². The van der Waals surface area contributed by atoms with Crippen molar-refractivity contribution in [2.75, 3.05) is 0 Å². The van der Waals surface area contributed by atoms with E-state index in [0.717, 1.165) is 24.3 Å². The van der Waals surface area contributed by atoms with Crippen LogP contribution in [0.2, 0.25) is 0 Å². The van der Waals surface area contributed by atoms with Crippen LogP contribution in [0.3, 0.4) is 0 Å². The molecule has 3 rings (SSSR count). The van der Waals surface area contributed by atoms with Crippen molar-refractivity contribution in [2.24, 2.45) is 5.92 Å². The maximum atomic E-state index is 6.11. The van der Waals surface area contributed by atoms with Crippen LogP contribution in [0.15, 0.2) is 16.7 Å². The predicted molar refractivity (Wildman–Crippen MR) is 79.4 cm³/mol. The minimum absolute atomic E-state index is 0.437. The first-order valence-corrected chi connectivity index (χ1v) is 8.26. The zero-order valence-electron chi connectivity index (χ0n) is 12.6. The van der Waals surface area contributed by atoms with Crippen molar-refractivity contribution in [3.63, 3.8) is 0 Å². The molecule has 0 aliphatic heterocycles. The van der Waals surface area contributed by atoms with Gasteiger partial charge in [0, 0.05) is 18.2 Å². The third kappa shape index (κ3) is 3.86. The third-order valence-electron chi connectivity index (χ3n) is 4.68. The van der Waals surface area contributed by atoms with E-state index in [0.29, 0.717) is 12.7 Å². The Bertz CT molecular complexity index is 411. The molecule has 112 valence electrons. The van der Waals surface area contributed by atoms with Gasteiger partial charge in [-0.15, -0.1) is 0 Å². The highest BCUT2D eigenvalue weighted by atomic mass is 16.5. The fraction of sp³-hybridized carbons (Fsp3) is 0.765. The Kier molecular flexibility index (Phi) is 4.79. The molecular formula is C17H27NO2. The maximum Gasteiger partial charge on any atom is 0.129 e. The Balaban J connectivity index is 1.44. The lowest BCUT2D eigenvalue weighted by Crippen LogP contribution is -2.27. The fourth-order valence-electron chi connectivity index (χ4n) is 3.19. The quantitative estimate of drug-likeness (QED) is 0.817. The Hall–Kier alpha value is -0.800. The van der Waals surface area contributed by atoms with Crippen molar-refractivity contribution in [1.82, 2.24) is 5.32 Å². The Morgan fingerprint density at radius 2 is 2.10 bits per heavy atom. The summed E-state index contributed by atoms with van der Waals surface area (Å²) in [5.41, 5.74) is 1.24. The highest BCUT2D eigenvalue weighted by molar-refractivity contribution is 5.12. The molecular weight excluding hydrogens is 250 g/mol. The van der Waals surface area contributed by atoms with Crippen LogP contribution >= 0.6 is 0 Å². The molecule has 2 atom stereocenters. The monoisotopic (exact) mass is 277 g/mol. The molecule has 1 N–H and O–H groups in total. The lowest BCUT2D eigenvalue weighted by atomic mass is 9.85. The van der Waals surface area contributed by atoms with E-state index >= 15 is 0 Å². The van der Waals surface area contributed by atoms with Crippen LogP contribution in [0.1, 0.15) is 63.2 Å². The molecule has 3 nitrogen and oxygen atoms in total. The lowest BCUT2D eigenvalue weighted by Gasteiger charge is -2.30. The third-order valence-corrected chi connectivity index (χ3v) is 4.68. The molecule has 1 aromatic heterocycles. The van der Waals surface area contributed by atoms with E-state index in [9.17, 15) is 0 Å². The van der Waals surface area contributed by atoms with Crippen LogP contribution in [0.5, 0.6) is 0 Å². The van der Waals surface area contributed by atoms with Gasteiger partial charge in [0.15, 0.2) is 0 Å². The Labute approximate surface area is 122 Å². The van der Waals surface area contributed by atoms with Crippen molar-refractivity contribution in [3.8, 4) is 0 Å². The molecule has 0 bridgehead atoms. The van der Waals surface area contributed by atoms with Gasteiger partial charge in [-0.3, -0.25) is 0 Å². The van der Waals surface area contributed by atoms with Gasteiger partial charge in [-0.05, 0) is 37.7 Å². The van der Waals surface area contributed by atoms with E-state index in [1.807, 2.05) is 6.26 Å². The lowest BCUT2D eigenvalue weighted by molar-refractivity contribution is -0.0283. The summed E-state index contributed by atoms with van der Waals surface area (Å²) in [6, 6.07) is 2.89. The van der Waals surface area contributed by atoms with Crippen LogP contribution in [0, 0.1) is 5.92 Å². The Morgan fingerprint density at radius 1 is 1.25 bits per heavy atom. The number of hydrogen-bond donors (Lipinski definition) is 1. The highest BCUT2D eigenvalue weighted by Gasteiger charge is 2.24. The molecule has 2 aliphatic rings. The van der Waals surface area contributed by atoms with Gasteiger partial charge in [0.2, 0.25) is 0 Å². The normalized spacial score (nSPS) is 26.9. The standard InChI is InChI=1S/C17H27NO2/c1-2-14-5-3-4-6-17(14)20-12-16-9-13(11-19-16)10-18-15-7-8-15/h9,11,14-15,17-18H,2-8,10,12H2,1H3. The van der Waals surface area contributed by atoms with Crippen LogP contribution in [0.25, 0.3) is 0 Å². The van der Waals surface area contributed by atoms with E-state index in [4.69, 9.17) is 9.15 Å². The summed E-state index contributed by atoms with van der Waals surface area (Å²) in [5, 5.41) is 3.51. The van der Waals surface area contributed by atoms with Crippen molar-refractivity contribution < 1.29 is 9.15 Å². The summed E-state index contributed by atoms with van der Waals surface area (Å²) in [6.07, 6.45) is 11.4. The highest BCUT2D eigenvalue weighted by Crippen LogP contribution is 2.30. The smallest absolute Gasteiger partial charge is 0.129 e. The van der Waals surface area contributed by atoms with Crippen molar-refractivity contribution in [3.05, 3.63) is 23.7 Å². The second kappa shape index (κ2) is 6.77. The molecule has 2 saturated carbocycles. The van der Waals surface area contributed by atoms with Crippen molar-refractivity contribution in [2.45, 2.75) is 77.2 Å². The average molecular weight is 277 g/mol. The molecule has 0 aromatic carbocycles. The summed E-state index contributed by atoms with van der Waals surface area (Å²) in [5.74, 6) is 1.72. The number of rotatable bonds is 7. The predicted octanol–water partition coefficient (Wildman–Crippen LogP) is 4.02. The summed E-state index contributed by atoms with van der Waals surface area (Å²) < 4.78 is 11.7. The van der Waals surface area contributed by atoms with E-state index < -0.39 is 0 Å². The van der Waals surface area contributed by atoms with Crippen LogP contribution in [0.4, 0.5) is 0 Å². The molecule has 2 fully saturated rings. The average Bonchev–Trinajstić information content (AvgIpc) is 3.21.